The van der Waals surface area contributed by atoms with Crippen molar-refractivity contribution < 1.29 is 20.4 Å². The molecule has 0 aromatic heterocycles. The van der Waals surface area contributed by atoms with E-state index in [9.17, 15) is 15.3 Å². The van der Waals surface area contributed by atoms with E-state index in [1.807, 2.05) is 0 Å². The predicted octanol–water partition coefficient (Wildman–Crippen LogP) is -0.497. The van der Waals surface area contributed by atoms with Crippen LogP contribution >= 0.6 is 0 Å². The van der Waals surface area contributed by atoms with Crippen molar-refractivity contribution in [2.24, 2.45) is 0 Å². The van der Waals surface area contributed by atoms with E-state index in [2.05, 4.69) is 5.32 Å². The molecule has 0 saturated carbocycles. The summed E-state index contributed by atoms with van der Waals surface area (Å²) in [5.41, 5.74) is 0.953. The molecule has 5 nitrogen and oxygen atoms in total. The molecule has 1 aliphatic carbocycles. The minimum atomic E-state index is -1.17. The first-order valence-corrected chi connectivity index (χ1v) is 5.82. The zero-order valence-electron chi connectivity index (χ0n) is 9.77. The van der Waals surface area contributed by atoms with Gasteiger partial charge in [0.15, 0.2) is 0 Å². The van der Waals surface area contributed by atoms with Gasteiger partial charge in [-0.2, -0.15) is 0 Å². The van der Waals surface area contributed by atoms with Gasteiger partial charge in [-0.15, -0.1) is 0 Å². The molecule has 2 rings (SSSR count). The standard InChI is InChI=1S/C13H17NO4/c15-9-3-1-8(2-4-9)7-14-10-5-6-11(16)13(18)12(10)17/h1-6,10-18H,7H2/t10-,11-,12-,13+/m0/s1. The molecule has 0 fully saturated rings. The van der Waals surface area contributed by atoms with E-state index in [-0.39, 0.29) is 5.75 Å². The fraction of sp³-hybridized carbons (Fsp3) is 0.385. The first-order chi connectivity index (χ1) is 8.58. The van der Waals surface area contributed by atoms with Crippen LogP contribution in [-0.4, -0.2) is 44.8 Å². The molecule has 0 bridgehead atoms. The SMILES string of the molecule is Oc1ccc(CN[C@H]2C=C[C@H](O)[C@@H](O)[C@H]2O)cc1. The third-order valence-electron chi connectivity index (χ3n) is 3.06. The molecule has 4 atom stereocenters. The van der Waals surface area contributed by atoms with Crippen molar-refractivity contribution in [2.75, 3.05) is 0 Å². The highest BCUT2D eigenvalue weighted by molar-refractivity contribution is 5.26. The van der Waals surface area contributed by atoms with Crippen molar-refractivity contribution in [3.8, 4) is 5.75 Å². The van der Waals surface area contributed by atoms with Crippen LogP contribution in [0.3, 0.4) is 0 Å². The van der Waals surface area contributed by atoms with Crippen molar-refractivity contribution in [1.29, 1.82) is 0 Å². The Kier molecular flexibility index (Phi) is 3.98. The van der Waals surface area contributed by atoms with Crippen LogP contribution in [0.15, 0.2) is 36.4 Å². The summed E-state index contributed by atoms with van der Waals surface area (Å²) in [5.74, 6) is 0.204. The first kappa shape index (κ1) is 13.0. The predicted molar refractivity (Wildman–Crippen MR) is 65.9 cm³/mol. The number of rotatable bonds is 3. The van der Waals surface area contributed by atoms with Crippen LogP contribution in [0.4, 0.5) is 0 Å². The third-order valence-corrected chi connectivity index (χ3v) is 3.06. The second kappa shape index (κ2) is 5.49. The molecule has 0 saturated heterocycles. The zero-order chi connectivity index (χ0) is 13.1. The molecule has 1 aromatic rings. The van der Waals surface area contributed by atoms with E-state index in [4.69, 9.17) is 5.11 Å². The molecular formula is C13H17NO4. The van der Waals surface area contributed by atoms with Crippen LogP contribution in [0.5, 0.6) is 5.75 Å². The van der Waals surface area contributed by atoms with Gasteiger partial charge in [0, 0.05) is 6.54 Å². The van der Waals surface area contributed by atoms with E-state index < -0.39 is 24.4 Å². The molecule has 0 unspecified atom stereocenters. The first-order valence-electron chi connectivity index (χ1n) is 5.82. The van der Waals surface area contributed by atoms with E-state index in [0.717, 1.165) is 5.56 Å². The number of aromatic hydroxyl groups is 1. The third kappa shape index (κ3) is 2.88. The summed E-state index contributed by atoms with van der Waals surface area (Å²) in [6, 6.07) is 6.31. The maximum atomic E-state index is 9.77. The van der Waals surface area contributed by atoms with E-state index in [1.54, 1.807) is 30.3 Å². The highest BCUT2D eigenvalue weighted by Crippen LogP contribution is 2.15. The number of phenolic OH excluding ortho intramolecular Hbond substituents is 1. The topological polar surface area (TPSA) is 93.0 Å². The van der Waals surface area contributed by atoms with Crippen molar-refractivity contribution in [2.45, 2.75) is 30.9 Å². The van der Waals surface area contributed by atoms with Gasteiger partial charge in [-0.3, -0.25) is 0 Å². The molecule has 1 aliphatic rings. The molecule has 98 valence electrons. The molecule has 0 aliphatic heterocycles. The van der Waals surface area contributed by atoms with Crippen LogP contribution in [0.2, 0.25) is 0 Å². The largest absolute Gasteiger partial charge is 0.508 e. The molecule has 5 heteroatoms. The average Bonchev–Trinajstić information content (AvgIpc) is 2.37. The molecule has 0 radical (unpaired) electrons. The van der Waals surface area contributed by atoms with Crippen LogP contribution < -0.4 is 5.32 Å². The van der Waals surface area contributed by atoms with Crippen LogP contribution in [0, 0.1) is 0 Å². The summed E-state index contributed by atoms with van der Waals surface area (Å²) in [4.78, 5) is 0. The van der Waals surface area contributed by atoms with E-state index in [1.165, 1.54) is 6.08 Å². The van der Waals surface area contributed by atoms with Gasteiger partial charge in [0.25, 0.3) is 0 Å². The number of aliphatic hydroxyl groups excluding tert-OH is 3. The van der Waals surface area contributed by atoms with Gasteiger partial charge >= 0.3 is 0 Å². The number of benzene rings is 1. The number of hydrogen-bond acceptors (Lipinski definition) is 5. The highest BCUT2D eigenvalue weighted by Gasteiger charge is 2.32. The van der Waals surface area contributed by atoms with E-state index in [0.29, 0.717) is 6.54 Å². The monoisotopic (exact) mass is 251 g/mol. The van der Waals surface area contributed by atoms with Gasteiger partial charge in [-0.25, -0.2) is 0 Å². The molecule has 18 heavy (non-hydrogen) atoms. The molecule has 5 N–H and O–H groups in total. The normalized spacial score (nSPS) is 31.5. The fourth-order valence-corrected chi connectivity index (χ4v) is 1.91. The summed E-state index contributed by atoms with van der Waals surface area (Å²) in [7, 11) is 0. The fourth-order valence-electron chi connectivity index (χ4n) is 1.91. The lowest BCUT2D eigenvalue weighted by atomic mass is 9.94. The lowest BCUT2D eigenvalue weighted by Crippen LogP contribution is -2.51. The smallest absolute Gasteiger partial charge is 0.115 e. The van der Waals surface area contributed by atoms with Gasteiger partial charge in [-0.05, 0) is 17.7 Å². The summed E-state index contributed by atoms with van der Waals surface area (Å²) < 4.78 is 0. The second-order valence-electron chi connectivity index (χ2n) is 4.43. The Morgan fingerprint density at radius 1 is 0.944 bits per heavy atom. The number of hydrogen-bond donors (Lipinski definition) is 5. The molecular weight excluding hydrogens is 234 g/mol. The number of nitrogens with one attached hydrogen (secondary N) is 1. The quantitative estimate of drug-likeness (QED) is 0.467. The van der Waals surface area contributed by atoms with Gasteiger partial charge in [0.2, 0.25) is 0 Å². The Balaban J connectivity index is 1.94. The van der Waals surface area contributed by atoms with Crippen LogP contribution in [-0.2, 0) is 6.54 Å². The lowest BCUT2D eigenvalue weighted by Gasteiger charge is -2.31. The van der Waals surface area contributed by atoms with Crippen molar-refractivity contribution in [3.05, 3.63) is 42.0 Å². The second-order valence-corrected chi connectivity index (χ2v) is 4.43. The minimum Gasteiger partial charge on any atom is -0.508 e. The minimum absolute atomic E-state index is 0.204. The summed E-state index contributed by atoms with van der Waals surface area (Å²) in [6.07, 6.45) is -0.130. The lowest BCUT2D eigenvalue weighted by molar-refractivity contribution is -0.0567. The summed E-state index contributed by atoms with van der Waals surface area (Å²) in [5, 5.41) is 40.8. The maximum absolute atomic E-state index is 9.77. The molecule has 0 heterocycles. The summed E-state index contributed by atoms with van der Waals surface area (Å²) >= 11 is 0. The Labute approximate surface area is 105 Å². The molecule has 0 spiro atoms. The number of phenols is 1. The Morgan fingerprint density at radius 2 is 1.61 bits per heavy atom. The average molecular weight is 251 g/mol. The zero-order valence-corrected chi connectivity index (χ0v) is 9.77. The van der Waals surface area contributed by atoms with E-state index >= 15 is 0 Å². The van der Waals surface area contributed by atoms with Gasteiger partial charge < -0.3 is 25.7 Å². The Morgan fingerprint density at radius 3 is 2.28 bits per heavy atom. The van der Waals surface area contributed by atoms with Gasteiger partial charge in [-0.1, -0.05) is 24.3 Å². The maximum Gasteiger partial charge on any atom is 0.115 e. The summed E-state index contributed by atoms with van der Waals surface area (Å²) in [6.45, 7) is 0.495. The molecule has 1 aromatic carbocycles. The highest BCUT2D eigenvalue weighted by atomic mass is 16.4. The van der Waals surface area contributed by atoms with Gasteiger partial charge in [0.05, 0.1) is 6.04 Å². The van der Waals surface area contributed by atoms with Crippen molar-refractivity contribution in [3.63, 3.8) is 0 Å². The number of aliphatic hydroxyl groups is 3. The van der Waals surface area contributed by atoms with Crippen LogP contribution in [0.1, 0.15) is 5.56 Å². The Bertz CT molecular complexity index is 418. The molecule has 0 amide bonds. The van der Waals surface area contributed by atoms with Crippen molar-refractivity contribution >= 4 is 0 Å². The van der Waals surface area contributed by atoms with Crippen molar-refractivity contribution in [1.82, 2.24) is 5.32 Å². The Hall–Kier alpha value is -1.40. The van der Waals surface area contributed by atoms with Gasteiger partial charge in [0.1, 0.15) is 24.1 Å². The van der Waals surface area contributed by atoms with Crippen LogP contribution in [0.25, 0.3) is 0 Å².